The zero-order chi connectivity index (χ0) is 20.0. The number of carbonyl (C=O) groups is 1. The summed E-state index contributed by atoms with van der Waals surface area (Å²) in [6, 6.07) is 13.0. The van der Waals surface area contributed by atoms with Gasteiger partial charge < -0.3 is 15.1 Å². The van der Waals surface area contributed by atoms with E-state index in [9.17, 15) is 14.9 Å². The van der Waals surface area contributed by atoms with Gasteiger partial charge in [0.2, 0.25) is 0 Å². The number of benzene rings is 2. The highest BCUT2D eigenvalue weighted by Gasteiger charge is 2.20. The number of aryl methyl sites for hydroxylation is 1. The molecule has 0 aromatic heterocycles. The second kappa shape index (κ2) is 9.14. The molecule has 7 nitrogen and oxygen atoms in total. The number of amides is 1. The van der Waals surface area contributed by atoms with Crippen molar-refractivity contribution in [3.8, 4) is 0 Å². The first-order valence-electron chi connectivity index (χ1n) is 8.95. The fourth-order valence-electron chi connectivity index (χ4n) is 2.89. The van der Waals surface area contributed by atoms with E-state index < -0.39 is 4.92 Å². The Hall–Kier alpha value is -2.93. The summed E-state index contributed by atoms with van der Waals surface area (Å²) in [5, 5.41) is 13.9. The fourth-order valence-corrected chi connectivity index (χ4v) is 2.89. The maximum absolute atomic E-state index is 12.5. The molecule has 27 heavy (non-hydrogen) atoms. The van der Waals surface area contributed by atoms with Crippen molar-refractivity contribution in [2.75, 3.05) is 37.4 Å². The summed E-state index contributed by atoms with van der Waals surface area (Å²) in [6.45, 7) is 5.51. The second-order valence-electron chi connectivity index (χ2n) is 6.79. The van der Waals surface area contributed by atoms with Crippen LogP contribution in [0.15, 0.2) is 42.5 Å². The third kappa shape index (κ3) is 5.52. The van der Waals surface area contributed by atoms with Crippen molar-refractivity contribution in [1.29, 1.82) is 0 Å². The SMILES string of the molecule is CC[NH+](CC(=O)Nc1c(C)cccc1[N+](=O)[O-])Cc1ccc(N(C)C)cc1. The molecule has 144 valence electrons. The third-order valence-electron chi connectivity index (χ3n) is 4.53. The van der Waals surface area contributed by atoms with Gasteiger partial charge in [-0.1, -0.05) is 24.3 Å². The average molecular weight is 371 g/mol. The number of anilines is 2. The second-order valence-corrected chi connectivity index (χ2v) is 6.79. The van der Waals surface area contributed by atoms with Gasteiger partial charge in [-0.2, -0.15) is 0 Å². The Morgan fingerprint density at radius 3 is 2.41 bits per heavy atom. The Labute approximate surface area is 159 Å². The van der Waals surface area contributed by atoms with Gasteiger partial charge in [0.05, 0.1) is 11.5 Å². The molecule has 0 saturated heterocycles. The summed E-state index contributed by atoms with van der Waals surface area (Å²) in [7, 11) is 3.99. The van der Waals surface area contributed by atoms with Crippen molar-refractivity contribution in [2.24, 2.45) is 0 Å². The smallest absolute Gasteiger partial charge is 0.293 e. The molecule has 0 radical (unpaired) electrons. The minimum absolute atomic E-state index is 0.0827. The Kier molecular flexibility index (Phi) is 6.90. The van der Waals surface area contributed by atoms with E-state index in [1.807, 2.05) is 25.9 Å². The number of quaternary nitrogens is 1. The summed E-state index contributed by atoms with van der Waals surface area (Å²) in [6.07, 6.45) is 0. The third-order valence-corrected chi connectivity index (χ3v) is 4.53. The van der Waals surface area contributed by atoms with Crippen molar-refractivity contribution >= 4 is 23.0 Å². The molecular formula is C20H27N4O3+. The van der Waals surface area contributed by atoms with Gasteiger partial charge in [-0.25, -0.2) is 0 Å². The molecule has 0 aliphatic heterocycles. The van der Waals surface area contributed by atoms with E-state index in [0.29, 0.717) is 12.1 Å². The van der Waals surface area contributed by atoms with Crippen LogP contribution in [-0.4, -0.2) is 38.0 Å². The lowest BCUT2D eigenvalue weighted by Crippen LogP contribution is -3.11. The highest BCUT2D eigenvalue weighted by Crippen LogP contribution is 2.27. The molecular weight excluding hydrogens is 344 g/mol. The van der Waals surface area contributed by atoms with Crippen molar-refractivity contribution in [3.63, 3.8) is 0 Å². The summed E-state index contributed by atoms with van der Waals surface area (Å²) >= 11 is 0. The van der Waals surface area contributed by atoms with Crippen LogP contribution in [0.5, 0.6) is 0 Å². The lowest BCUT2D eigenvalue weighted by Gasteiger charge is -2.18. The molecule has 0 saturated carbocycles. The molecule has 0 heterocycles. The first kappa shape index (κ1) is 20.4. The van der Waals surface area contributed by atoms with E-state index in [1.165, 1.54) is 6.07 Å². The van der Waals surface area contributed by atoms with Crippen LogP contribution in [-0.2, 0) is 11.3 Å². The van der Waals surface area contributed by atoms with Crippen LogP contribution in [0.4, 0.5) is 17.1 Å². The number of carbonyl (C=O) groups excluding carboxylic acids is 1. The van der Waals surface area contributed by atoms with Gasteiger partial charge in [0, 0.05) is 31.4 Å². The van der Waals surface area contributed by atoms with E-state index in [1.54, 1.807) is 19.1 Å². The number of likely N-dealkylation sites (N-methyl/N-ethyl adjacent to an activating group) is 1. The topological polar surface area (TPSA) is 79.9 Å². The molecule has 2 N–H and O–H groups in total. The molecule has 7 heteroatoms. The van der Waals surface area contributed by atoms with E-state index in [0.717, 1.165) is 22.7 Å². The van der Waals surface area contributed by atoms with Gasteiger partial charge in [0.15, 0.2) is 6.54 Å². The number of hydrogen-bond acceptors (Lipinski definition) is 4. The molecule has 0 fully saturated rings. The molecule has 2 aromatic rings. The summed E-state index contributed by atoms with van der Waals surface area (Å²) in [5.41, 5.74) is 3.14. The predicted molar refractivity (Wildman–Crippen MR) is 107 cm³/mol. The molecule has 0 aliphatic rings. The zero-order valence-electron chi connectivity index (χ0n) is 16.3. The molecule has 0 aliphatic carbocycles. The minimum atomic E-state index is -0.473. The Bertz CT molecular complexity index is 803. The molecule has 1 unspecified atom stereocenters. The van der Waals surface area contributed by atoms with Crippen molar-refractivity contribution in [1.82, 2.24) is 0 Å². The van der Waals surface area contributed by atoms with Crippen LogP contribution in [0.2, 0.25) is 0 Å². The van der Waals surface area contributed by atoms with Gasteiger partial charge >= 0.3 is 0 Å². The van der Waals surface area contributed by atoms with Gasteiger partial charge in [-0.3, -0.25) is 14.9 Å². The quantitative estimate of drug-likeness (QED) is 0.550. The lowest BCUT2D eigenvalue weighted by molar-refractivity contribution is -0.903. The maximum Gasteiger partial charge on any atom is 0.293 e. The predicted octanol–water partition coefficient (Wildman–Crippen LogP) is 2.01. The molecule has 0 spiro atoms. The van der Waals surface area contributed by atoms with E-state index in [2.05, 4.69) is 29.6 Å². The Morgan fingerprint density at radius 2 is 1.85 bits per heavy atom. The van der Waals surface area contributed by atoms with Crippen LogP contribution < -0.4 is 15.1 Å². The van der Waals surface area contributed by atoms with Crippen LogP contribution >= 0.6 is 0 Å². The van der Waals surface area contributed by atoms with Crippen molar-refractivity contribution < 1.29 is 14.6 Å². The highest BCUT2D eigenvalue weighted by atomic mass is 16.6. The van der Waals surface area contributed by atoms with Crippen LogP contribution in [0.1, 0.15) is 18.1 Å². The van der Waals surface area contributed by atoms with E-state index in [4.69, 9.17) is 0 Å². The molecule has 2 rings (SSSR count). The zero-order valence-corrected chi connectivity index (χ0v) is 16.3. The van der Waals surface area contributed by atoms with E-state index >= 15 is 0 Å². The average Bonchev–Trinajstić information content (AvgIpc) is 2.63. The first-order valence-corrected chi connectivity index (χ1v) is 8.95. The van der Waals surface area contributed by atoms with Gasteiger partial charge in [-0.05, 0) is 31.5 Å². The summed E-state index contributed by atoms with van der Waals surface area (Å²) < 4.78 is 0. The number of nitro benzene ring substituents is 1. The molecule has 0 bridgehead atoms. The van der Waals surface area contributed by atoms with Gasteiger partial charge in [-0.15, -0.1) is 0 Å². The normalized spacial score (nSPS) is 11.7. The number of nitrogens with one attached hydrogen (secondary N) is 2. The Morgan fingerprint density at radius 1 is 1.19 bits per heavy atom. The van der Waals surface area contributed by atoms with Crippen LogP contribution in [0.3, 0.4) is 0 Å². The largest absolute Gasteiger partial charge is 0.378 e. The van der Waals surface area contributed by atoms with Crippen molar-refractivity contribution in [3.05, 3.63) is 63.7 Å². The standard InChI is InChI=1S/C20H26N4O3/c1-5-23(13-16-9-11-17(12-10-16)22(3)4)14-19(25)21-20-15(2)7-6-8-18(20)24(26)27/h6-12H,5,13-14H2,1-4H3,(H,21,25)/p+1. The fraction of sp³-hybridized carbons (Fsp3) is 0.350. The first-order chi connectivity index (χ1) is 12.8. The molecule has 1 atom stereocenters. The number of hydrogen-bond donors (Lipinski definition) is 2. The molecule has 1 amide bonds. The Balaban J connectivity index is 2.04. The van der Waals surface area contributed by atoms with Gasteiger partial charge in [0.1, 0.15) is 12.2 Å². The monoisotopic (exact) mass is 371 g/mol. The summed E-state index contributed by atoms with van der Waals surface area (Å²) in [4.78, 5) is 26.3. The number of nitro groups is 1. The lowest BCUT2D eigenvalue weighted by atomic mass is 10.1. The van der Waals surface area contributed by atoms with Crippen LogP contribution in [0.25, 0.3) is 0 Å². The van der Waals surface area contributed by atoms with Crippen molar-refractivity contribution in [2.45, 2.75) is 20.4 Å². The maximum atomic E-state index is 12.5. The van der Waals surface area contributed by atoms with Gasteiger partial charge in [0.25, 0.3) is 11.6 Å². The van der Waals surface area contributed by atoms with Crippen LogP contribution in [0, 0.1) is 17.0 Å². The number of nitrogens with zero attached hydrogens (tertiary/aromatic N) is 2. The highest BCUT2D eigenvalue weighted by molar-refractivity contribution is 5.94. The summed E-state index contributed by atoms with van der Waals surface area (Å²) in [5.74, 6) is -0.228. The number of rotatable bonds is 8. The molecule has 2 aromatic carbocycles. The minimum Gasteiger partial charge on any atom is -0.378 e. The van der Waals surface area contributed by atoms with E-state index in [-0.39, 0.29) is 23.8 Å². The number of para-hydroxylation sites is 1.